The van der Waals surface area contributed by atoms with Crippen LogP contribution in [-0.4, -0.2) is 47.7 Å². The van der Waals surface area contributed by atoms with Crippen molar-refractivity contribution in [1.29, 1.82) is 0 Å². The minimum absolute atomic E-state index is 0.0146. The van der Waals surface area contributed by atoms with Crippen LogP contribution in [-0.2, 0) is 0 Å². The van der Waals surface area contributed by atoms with Crippen molar-refractivity contribution in [2.75, 3.05) is 13.1 Å². The van der Waals surface area contributed by atoms with Gasteiger partial charge in [-0.2, -0.15) is 8.78 Å². The SMILES string of the molecule is CC(C)N1C[C@H](Oc2ccc(OC(F)F)cn2)C(F)(F)C1. The second-order valence-corrected chi connectivity index (χ2v) is 5.10. The van der Waals surface area contributed by atoms with Crippen LogP contribution in [0.15, 0.2) is 18.3 Å². The minimum atomic E-state index is -2.98. The van der Waals surface area contributed by atoms with Gasteiger partial charge in [0.15, 0.2) is 6.10 Å². The highest BCUT2D eigenvalue weighted by Gasteiger charge is 2.50. The Morgan fingerprint density at radius 2 is 2.05 bits per heavy atom. The zero-order valence-electron chi connectivity index (χ0n) is 11.6. The van der Waals surface area contributed by atoms with Crippen LogP contribution in [0.2, 0.25) is 0 Å². The number of nitrogens with zero attached hydrogens (tertiary/aromatic N) is 2. The second-order valence-electron chi connectivity index (χ2n) is 5.10. The van der Waals surface area contributed by atoms with E-state index in [0.717, 1.165) is 6.20 Å². The van der Waals surface area contributed by atoms with Crippen molar-refractivity contribution < 1.29 is 27.0 Å². The van der Waals surface area contributed by atoms with Gasteiger partial charge in [-0.05, 0) is 19.9 Å². The van der Waals surface area contributed by atoms with Gasteiger partial charge in [0.2, 0.25) is 5.88 Å². The van der Waals surface area contributed by atoms with Crippen molar-refractivity contribution in [3.05, 3.63) is 18.3 Å². The number of rotatable bonds is 5. The molecule has 2 rings (SSSR count). The van der Waals surface area contributed by atoms with Gasteiger partial charge < -0.3 is 9.47 Å². The van der Waals surface area contributed by atoms with Gasteiger partial charge in [0.1, 0.15) is 5.75 Å². The van der Waals surface area contributed by atoms with Crippen LogP contribution in [0, 0.1) is 0 Å². The molecule has 0 aliphatic carbocycles. The predicted octanol–water partition coefficient (Wildman–Crippen LogP) is 2.79. The first-order chi connectivity index (χ1) is 9.78. The molecule has 0 amide bonds. The summed E-state index contributed by atoms with van der Waals surface area (Å²) in [7, 11) is 0. The third-order valence-corrected chi connectivity index (χ3v) is 3.21. The fraction of sp³-hybridized carbons (Fsp3) is 0.615. The van der Waals surface area contributed by atoms with Gasteiger partial charge in [0.25, 0.3) is 5.92 Å². The summed E-state index contributed by atoms with van der Waals surface area (Å²) < 4.78 is 60.9. The van der Waals surface area contributed by atoms with Crippen molar-refractivity contribution in [2.45, 2.75) is 38.5 Å². The first kappa shape index (κ1) is 15.8. The Kier molecular flexibility index (Phi) is 4.55. The van der Waals surface area contributed by atoms with Gasteiger partial charge in [0, 0.05) is 18.7 Å². The topological polar surface area (TPSA) is 34.6 Å². The average molecular weight is 308 g/mol. The predicted molar refractivity (Wildman–Crippen MR) is 66.9 cm³/mol. The van der Waals surface area contributed by atoms with Gasteiger partial charge in [-0.15, -0.1) is 0 Å². The summed E-state index contributed by atoms with van der Waals surface area (Å²) in [6, 6.07) is 2.41. The fourth-order valence-electron chi connectivity index (χ4n) is 2.06. The quantitative estimate of drug-likeness (QED) is 0.784. The molecule has 1 aromatic heterocycles. The van der Waals surface area contributed by atoms with Crippen LogP contribution in [0.3, 0.4) is 0 Å². The number of hydrogen-bond acceptors (Lipinski definition) is 4. The summed E-state index contributed by atoms with van der Waals surface area (Å²) >= 11 is 0. The lowest BCUT2D eigenvalue weighted by Gasteiger charge is -2.19. The van der Waals surface area contributed by atoms with E-state index < -0.39 is 18.6 Å². The standard InChI is InChI=1S/C13H16F4N2O2/c1-8(2)19-6-10(13(16,17)7-19)21-11-4-3-9(5-18-11)20-12(14)15/h3-5,8,10,12H,6-7H2,1-2H3/t10-/m0/s1. The van der Waals surface area contributed by atoms with E-state index in [-0.39, 0.29) is 30.8 Å². The Morgan fingerprint density at radius 1 is 1.33 bits per heavy atom. The summed E-state index contributed by atoms with van der Waals surface area (Å²) in [6.07, 6.45) is -0.302. The normalized spacial score (nSPS) is 22.0. The maximum atomic E-state index is 13.8. The van der Waals surface area contributed by atoms with Gasteiger partial charge in [-0.25, -0.2) is 13.8 Å². The highest BCUT2D eigenvalue weighted by Crippen LogP contribution is 2.32. The monoisotopic (exact) mass is 308 g/mol. The van der Waals surface area contributed by atoms with Crippen LogP contribution in [0.1, 0.15) is 13.8 Å². The Labute approximate surface area is 119 Å². The smallest absolute Gasteiger partial charge is 0.387 e. The van der Waals surface area contributed by atoms with Crippen LogP contribution in [0.5, 0.6) is 11.6 Å². The highest BCUT2D eigenvalue weighted by molar-refractivity contribution is 5.23. The van der Waals surface area contributed by atoms with Gasteiger partial charge in [-0.1, -0.05) is 0 Å². The molecule has 0 saturated carbocycles. The maximum Gasteiger partial charge on any atom is 0.387 e. The Balaban J connectivity index is 2.01. The Morgan fingerprint density at radius 3 is 2.52 bits per heavy atom. The lowest BCUT2D eigenvalue weighted by Crippen LogP contribution is -2.36. The largest absolute Gasteiger partial charge is 0.466 e. The number of likely N-dealkylation sites (tertiary alicyclic amines) is 1. The lowest BCUT2D eigenvalue weighted by molar-refractivity contribution is -0.0640. The minimum Gasteiger partial charge on any atom is -0.466 e. The molecule has 8 heteroatoms. The Bertz CT molecular complexity index is 468. The first-order valence-corrected chi connectivity index (χ1v) is 6.47. The molecule has 1 saturated heterocycles. The second kappa shape index (κ2) is 6.05. The van der Waals surface area contributed by atoms with Gasteiger partial charge in [-0.3, -0.25) is 4.90 Å². The number of hydrogen-bond donors (Lipinski definition) is 0. The third kappa shape index (κ3) is 3.96. The average Bonchev–Trinajstić information content (AvgIpc) is 2.67. The molecular weight excluding hydrogens is 292 g/mol. The Hall–Kier alpha value is -1.57. The van der Waals surface area contributed by atoms with E-state index in [4.69, 9.17) is 4.74 Å². The van der Waals surface area contributed by atoms with Gasteiger partial charge >= 0.3 is 6.61 Å². The zero-order valence-corrected chi connectivity index (χ0v) is 11.6. The van der Waals surface area contributed by atoms with E-state index in [1.165, 1.54) is 12.1 Å². The van der Waals surface area contributed by atoms with Crippen molar-refractivity contribution in [3.8, 4) is 11.6 Å². The lowest BCUT2D eigenvalue weighted by atomic mass is 10.2. The number of halogens is 4. The molecule has 0 bridgehead atoms. The van der Waals surface area contributed by atoms with E-state index in [1.54, 1.807) is 4.90 Å². The highest BCUT2D eigenvalue weighted by atomic mass is 19.3. The van der Waals surface area contributed by atoms with Crippen LogP contribution < -0.4 is 9.47 Å². The molecule has 2 heterocycles. The molecule has 1 fully saturated rings. The van der Waals surface area contributed by atoms with Crippen molar-refractivity contribution in [1.82, 2.24) is 9.88 Å². The van der Waals surface area contributed by atoms with E-state index in [0.29, 0.717) is 0 Å². The van der Waals surface area contributed by atoms with Crippen molar-refractivity contribution in [2.24, 2.45) is 0 Å². The summed E-state index contributed by atoms with van der Waals surface area (Å²) in [5.41, 5.74) is 0. The molecule has 4 nitrogen and oxygen atoms in total. The molecule has 0 aromatic carbocycles. The molecule has 1 aromatic rings. The fourth-order valence-corrected chi connectivity index (χ4v) is 2.06. The molecule has 21 heavy (non-hydrogen) atoms. The summed E-state index contributed by atoms with van der Waals surface area (Å²) in [4.78, 5) is 5.31. The molecule has 1 atom stereocenters. The number of alkyl halides is 4. The van der Waals surface area contributed by atoms with Gasteiger partial charge in [0.05, 0.1) is 12.7 Å². The maximum absolute atomic E-state index is 13.8. The number of ether oxygens (including phenoxy) is 2. The van der Waals surface area contributed by atoms with E-state index in [1.807, 2.05) is 13.8 Å². The zero-order chi connectivity index (χ0) is 15.6. The molecule has 1 aliphatic rings. The van der Waals surface area contributed by atoms with E-state index >= 15 is 0 Å². The molecule has 0 radical (unpaired) electrons. The molecule has 0 N–H and O–H groups in total. The molecule has 1 aliphatic heterocycles. The summed E-state index contributed by atoms with van der Waals surface area (Å²) in [5.74, 6) is -3.18. The number of pyridine rings is 1. The molecular formula is C13H16F4N2O2. The summed E-state index contributed by atoms with van der Waals surface area (Å²) in [5, 5.41) is 0. The van der Waals surface area contributed by atoms with Crippen molar-refractivity contribution in [3.63, 3.8) is 0 Å². The van der Waals surface area contributed by atoms with Crippen LogP contribution in [0.25, 0.3) is 0 Å². The first-order valence-electron chi connectivity index (χ1n) is 6.47. The molecule has 118 valence electrons. The molecule has 0 spiro atoms. The number of aromatic nitrogens is 1. The van der Waals surface area contributed by atoms with Crippen molar-refractivity contribution >= 4 is 0 Å². The van der Waals surface area contributed by atoms with Crippen LogP contribution in [0.4, 0.5) is 17.6 Å². The van der Waals surface area contributed by atoms with Crippen LogP contribution >= 0.6 is 0 Å². The molecule has 0 unspecified atom stereocenters. The third-order valence-electron chi connectivity index (χ3n) is 3.21. The van der Waals surface area contributed by atoms with E-state index in [2.05, 4.69) is 9.72 Å². The summed E-state index contributed by atoms with van der Waals surface area (Å²) in [6.45, 7) is 0.404. The van der Waals surface area contributed by atoms with E-state index in [9.17, 15) is 17.6 Å².